The molecule has 0 rings (SSSR count). The molecule has 0 aliphatic heterocycles. The Morgan fingerprint density at radius 3 is 2.33 bits per heavy atom. The largest absolute Gasteiger partial charge is 0.541 e. The van der Waals surface area contributed by atoms with Crippen LogP contribution in [0.4, 0.5) is 0 Å². The third-order valence-electron chi connectivity index (χ3n) is 0.486. The molecule has 0 saturated heterocycles. The maximum absolute atomic E-state index is 10.0. The molecule has 1 amide bonds. The van der Waals surface area contributed by atoms with Crippen LogP contribution in [-0.2, 0) is 9.59 Å². The maximum atomic E-state index is 10.0. The Hall–Kier alpha value is -1.80. The Morgan fingerprint density at radius 1 is 1.78 bits per heavy atom. The summed E-state index contributed by atoms with van der Waals surface area (Å²) in [4.78, 5) is 19.6. The van der Waals surface area contributed by atoms with E-state index in [1.54, 1.807) is 0 Å². The van der Waals surface area contributed by atoms with Gasteiger partial charge in [0.05, 0.1) is 7.85 Å². The number of hydrogen-bond donors (Lipinski definition) is 1. The number of nitrogens with one attached hydrogen (secondary N) is 1. The van der Waals surface area contributed by atoms with Crippen molar-refractivity contribution in [2.24, 2.45) is 0 Å². The normalized spacial score (nSPS) is 10.8. The number of carbonyl (C=O) groups is 1. The van der Waals surface area contributed by atoms with Gasteiger partial charge in [0, 0.05) is 6.92 Å². The molecule has 2 radical (unpaired) electrons. The van der Waals surface area contributed by atoms with Crippen LogP contribution in [0.1, 0.15) is 6.92 Å². The standard InChI is InChI=1S/C4H5BNO2.Rf/c1-3(8)6-4(5)2-7;/h4H,1H3,(H,6,8);/q-1;/t4-;/m1./s1. The van der Waals surface area contributed by atoms with Crippen molar-refractivity contribution in [1.82, 2.24) is 5.32 Å². The van der Waals surface area contributed by atoms with Crippen molar-refractivity contribution in [2.75, 3.05) is 0 Å². The third-order valence-corrected chi connectivity index (χ3v) is 0.486. The summed E-state index contributed by atoms with van der Waals surface area (Å²) >= 11 is 0. The molecular formula is C4H5BNO2Rf-. The van der Waals surface area contributed by atoms with Gasteiger partial charge in [-0.3, -0.25) is 11.1 Å². The third kappa shape index (κ3) is 6.20. The minimum atomic E-state index is -0.979. The molecule has 1 N–H and O–H groups in total. The molecule has 0 spiro atoms. The summed E-state index contributed by atoms with van der Waals surface area (Å²) in [7, 11) is 4.92. The topological polar surface area (TPSA) is 46.2 Å². The number of hydrogen-bond acceptors (Lipinski definition) is 2. The molecule has 0 aromatic rings. The second kappa shape index (κ2) is 4.37. The van der Waals surface area contributed by atoms with Crippen LogP contribution in [0.2, 0.25) is 0 Å². The van der Waals surface area contributed by atoms with Gasteiger partial charge < -0.3 is 10.1 Å². The summed E-state index contributed by atoms with van der Waals surface area (Å²) in [6, 6.07) is 0. The summed E-state index contributed by atoms with van der Waals surface area (Å²) in [5.41, 5.74) is 0. The van der Waals surface area contributed by atoms with Gasteiger partial charge in [0.1, 0.15) is 0 Å². The predicted molar refractivity (Wildman–Crippen MR) is 29.1 cm³/mol. The van der Waals surface area contributed by atoms with E-state index in [1.807, 2.05) is 0 Å². The molecule has 0 heterocycles. The van der Waals surface area contributed by atoms with Crippen LogP contribution in [0.3, 0.4) is 0 Å². The van der Waals surface area contributed by atoms with Crippen LogP contribution in [-0.4, -0.2) is 26.0 Å². The molecule has 3 nitrogen and oxygen atoms in total. The molecule has 9 heavy (non-hydrogen) atoms. The van der Waals surface area contributed by atoms with Gasteiger partial charge in [-0.15, -0.1) is 5.94 Å². The van der Waals surface area contributed by atoms with Crippen molar-refractivity contribution >= 4 is 20.0 Å². The number of carbonyl (C=O) groups excluding carboxylic acids is 2. The summed E-state index contributed by atoms with van der Waals surface area (Å²) < 4.78 is 0. The van der Waals surface area contributed by atoms with E-state index in [0.29, 0.717) is 0 Å². The molecule has 0 bridgehead atoms. The zero-order chi connectivity index (χ0) is 6.57. The number of rotatable bonds is 2. The smallest absolute Gasteiger partial charge is 0.214 e. The van der Waals surface area contributed by atoms with Gasteiger partial charge in [0.25, 0.3) is 0 Å². The van der Waals surface area contributed by atoms with Crippen molar-refractivity contribution < 1.29 is 9.59 Å². The van der Waals surface area contributed by atoms with Crippen molar-refractivity contribution in [3.8, 4) is 0 Å². The Morgan fingerprint density at radius 2 is 2.22 bits per heavy atom. The van der Waals surface area contributed by atoms with Crippen molar-refractivity contribution in [2.45, 2.75) is 12.9 Å². The van der Waals surface area contributed by atoms with Crippen LogP contribution in [0, 0.1) is 0 Å². The maximum Gasteiger partial charge on any atom is 0.214 e. The molecule has 44 valence electrons. The minimum absolute atomic E-state index is 0. The zero-order valence-electron chi connectivity index (χ0n) is 5.18. The van der Waals surface area contributed by atoms with Gasteiger partial charge in [-0.1, -0.05) is 0 Å². The number of amides is 1. The van der Waals surface area contributed by atoms with Gasteiger partial charge in [-0.2, -0.15) is 0 Å². The van der Waals surface area contributed by atoms with Gasteiger partial charge in [-0.25, -0.2) is 0 Å². The molecule has 0 unspecified atom stereocenters. The first-order chi connectivity index (χ1) is 3.66. The van der Waals surface area contributed by atoms with E-state index in [0.717, 1.165) is 0 Å². The molecule has 0 aliphatic carbocycles. The second-order valence-corrected chi connectivity index (χ2v) is 1.30. The first-order valence-electron chi connectivity index (χ1n) is 2.07. The monoisotopic (exact) mass is 377 g/mol. The zero-order valence-corrected chi connectivity index (χ0v) is 11.6. The minimum Gasteiger partial charge on any atom is -0.541 e. The van der Waals surface area contributed by atoms with Crippen LogP contribution in [0.5, 0.6) is 0 Å². The molecule has 0 aliphatic rings. The van der Waals surface area contributed by atoms with E-state index >= 15 is 0 Å². The molecule has 0 fully saturated rings. The van der Waals surface area contributed by atoms with Crippen molar-refractivity contribution in [3.63, 3.8) is 0 Å². The van der Waals surface area contributed by atoms with E-state index in [9.17, 15) is 9.59 Å². The summed E-state index contributed by atoms with van der Waals surface area (Å²) in [5, 5.41) is 2.11. The van der Waals surface area contributed by atoms with Gasteiger partial charge in [0.15, 0.2) is 0 Å². The molecule has 1 atom stereocenters. The van der Waals surface area contributed by atoms with E-state index in [1.165, 1.54) is 13.2 Å². The Balaban J connectivity index is 0. The average molecular weight is 377 g/mol. The van der Waals surface area contributed by atoms with Crippen molar-refractivity contribution in [3.05, 3.63) is 0 Å². The van der Waals surface area contributed by atoms with Gasteiger partial charge in [-0.05, 0) is 0 Å². The molecule has 0 aromatic carbocycles. The van der Waals surface area contributed by atoms with Crippen LogP contribution in [0.25, 0.3) is 0 Å². The molecule has 5 heteroatoms. The summed E-state index contributed by atoms with van der Waals surface area (Å²) in [6.07, 6.45) is 1.39. The fraction of sp³-hybridized carbons (Fsp3) is 0.500. The Labute approximate surface area is 48.9 Å². The van der Waals surface area contributed by atoms with Crippen LogP contribution >= 0.6 is 0 Å². The predicted octanol–water partition coefficient (Wildman–Crippen LogP) is -1.27. The quantitative estimate of drug-likeness (QED) is 0.482. The average Bonchev–Trinajstić information content (AvgIpc) is 1.65. The van der Waals surface area contributed by atoms with E-state index in [4.69, 9.17) is 7.85 Å². The van der Waals surface area contributed by atoms with Gasteiger partial charge in [0.2, 0.25) is 5.91 Å². The SMILES string of the molecule is [B][C@@H]([C-]=O)NC(C)=O.[Rf]. The first-order valence-corrected chi connectivity index (χ1v) is 2.07. The van der Waals surface area contributed by atoms with Crippen LogP contribution < -0.4 is 5.32 Å². The first kappa shape index (κ1) is 10.2. The van der Waals surface area contributed by atoms with Crippen molar-refractivity contribution in [1.29, 1.82) is 0 Å². The van der Waals surface area contributed by atoms with Crippen LogP contribution in [0.15, 0.2) is 0 Å². The molecule has 0 saturated carbocycles. The summed E-state index contributed by atoms with van der Waals surface area (Å²) in [6.45, 7) is 1.27. The fourth-order valence-electron chi connectivity index (χ4n) is 0.248. The van der Waals surface area contributed by atoms with E-state index < -0.39 is 5.94 Å². The van der Waals surface area contributed by atoms with Gasteiger partial charge >= 0.3 is 0 Å². The molecule has 0 aromatic heterocycles. The Bertz CT molecular complexity index is 109. The summed E-state index contributed by atoms with van der Waals surface area (Å²) in [5.74, 6) is -1.31. The second-order valence-electron chi connectivity index (χ2n) is 1.30. The van der Waals surface area contributed by atoms with E-state index in [-0.39, 0.29) is 5.91 Å². The molecular weight excluding hydrogens is 372 g/mol. The Kier molecular flexibility index (Phi) is 4.97. The van der Waals surface area contributed by atoms with E-state index in [2.05, 4.69) is 5.32 Å². The fourth-order valence-corrected chi connectivity index (χ4v) is 0.248.